The zero-order valence-corrected chi connectivity index (χ0v) is 5.30. The molecule has 5 nitrogen and oxygen atoms in total. The van der Waals surface area contributed by atoms with E-state index in [2.05, 4.69) is 10.0 Å². The first kappa shape index (κ1) is 7.05. The van der Waals surface area contributed by atoms with Crippen molar-refractivity contribution in [2.75, 3.05) is 6.61 Å². The number of nitrogens with zero attached hydrogens (tertiary/aromatic N) is 3. The van der Waals surface area contributed by atoms with Crippen LogP contribution in [0.3, 0.4) is 0 Å². The number of carbonyl (C=O) groups excluding carboxylic acids is 1. The third kappa shape index (κ3) is 1.26. The van der Waals surface area contributed by atoms with Gasteiger partial charge in [-0.25, -0.2) is 0 Å². The second kappa shape index (κ2) is 3.20. The van der Waals surface area contributed by atoms with Gasteiger partial charge in [-0.2, -0.15) is 0 Å². The fourth-order valence-electron chi connectivity index (χ4n) is 0.920. The molecule has 0 aliphatic carbocycles. The number of carbonyl (C=O) groups is 1. The lowest BCUT2D eigenvalue weighted by molar-refractivity contribution is -0.115. The summed E-state index contributed by atoms with van der Waals surface area (Å²) < 4.78 is 4.93. The molecule has 1 fully saturated rings. The second-order valence-corrected chi connectivity index (χ2v) is 2.03. The lowest BCUT2D eigenvalue weighted by Crippen LogP contribution is -2.19. The van der Waals surface area contributed by atoms with Gasteiger partial charge in [-0.15, -0.1) is 0 Å². The van der Waals surface area contributed by atoms with Crippen molar-refractivity contribution < 1.29 is 9.53 Å². The molecule has 2 atom stereocenters. The Morgan fingerprint density at radius 3 is 3.20 bits per heavy atom. The molecule has 0 aromatic rings. The molecule has 0 aromatic heterocycles. The average Bonchev–Trinajstić information content (AvgIpc) is 2.36. The van der Waals surface area contributed by atoms with Crippen molar-refractivity contribution in [3.8, 4) is 0 Å². The molecule has 1 aliphatic rings. The fraction of sp³-hybridized carbons (Fsp3) is 0.800. The highest BCUT2D eigenvalue weighted by molar-refractivity contribution is 5.58. The summed E-state index contributed by atoms with van der Waals surface area (Å²) in [5, 5.41) is 3.40. The molecule has 0 N–H and O–H groups in total. The number of azide groups is 1. The highest BCUT2D eigenvalue weighted by Crippen LogP contribution is 2.14. The summed E-state index contributed by atoms with van der Waals surface area (Å²) in [5.74, 6) is 0. The van der Waals surface area contributed by atoms with Crippen LogP contribution in [-0.2, 0) is 9.53 Å². The average molecular weight is 141 g/mol. The normalized spacial score (nSPS) is 31.2. The lowest BCUT2D eigenvalue weighted by atomic mass is 10.2. The van der Waals surface area contributed by atoms with Crippen molar-refractivity contribution >= 4 is 6.29 Å². The van der Waals surface area contributed by atoms with E-state index >= 15 is 0 Å². The number of aldehydes is 1. The van der Waals surface area contributed by atoms with Gasteiger partial charge in [-0.1, -0.05) is 5.11 Å². The van der Waals surface area contributed by atoms with E-state index < -0.39 is 6.10 Å². The van der Waals surface area contributed by atoms with Crippen molar-refractivity contribution in [1.82, 2.24) is 0 Å². The van der Waals surface area contributed by atoms with E-state index in [1.165, 1.54) is 0 Å². The van der Waals surface area contributed by atoms with Crippen LogP contribution in [0.15, 0.2) is 5.11 Å². The molecule has 0 bridgehead atoms. The van der Waals surface area contributed by atoms with Crippen LogP contribution < -0.4 is 0 Å². The Morgan fingerprint density at radius 2 is 2.60 bits per heavy atom. The van der Waals surface area contributed by atoms with Crippen LogP contribution in [0, 0.1) is 0 Å². The SMILES string of the molecule is [N-]=[N+]=NC1CCOC1C=O. The molecule has 54 valence electrons. The summed E-state index contributed by atoms with van der Waals surface area (Å²) >= 11 is 0. The van der Waals surface area contributed by atoms with Gasteiger partial charge in [0.25, 0.3) is 0 Å². The van der Waals surface area contributed by atoms with Crippen LogP contribution in [-0.4, -0.2) is 25.0 Å². The maximum Gasteiger partial charge on any atom is 0.149 e. The van der Waals surface area contributed by atoms with E-state index in [9.17, 15) is 4.79 Å². The minimum atomic E-state index is -0.518. The fourth-order valence-corrected chi connectivity index (χ4v) is 0.920. The van der Waals surface area contributed by atoms with Crippen LogP contribution >= 0.6 is 0 Å². The smallest absolute Gasteiger partial charge is 0.149 e. The van der Waals surface area contributed by atoms with Crippen LogP contribution in [0.4, 0.5) is 0 Å². The maximum absolute atomic E-state index is 10.2. The molecule has 1 saturated heterocycles. The van der Waals surface area contributed by atoms with Crippen LogP contribution in [0.25, 0.3) is 10.4 Å². The molecule has 2 unspecified atom stereocenters. The van der Waals surface area contributed by atoms with Crippen molar-refractivity contribution in [2.45, 2.75) is 18.6 Å². The van der Waals surface area contributed by atoms with Gasteiger partial charge in [0.1, 0.15) is 12.4 Å². The van der Waals surface area contributed by atoms with E-state index in [4.69, 9.17) is 10.3 Å². The van der Waals surface area contributed by atoms with E-state index in [-0.39, 0.29) is 6.04 Å². The zero-order chi connectivity index (χ0) is 7.40. The number of rotatable bonds is 2. The van der Waals surface area contributed by atoms with Gasteiger partial charge in [0, 0.05) is 11.5 Å². The van der Waals surface area contributed by atoms with Gasteiger partial charge in [0.05, 0.1) is 6.04 Å². The minimum absolute atomic E-state index is 0.289. The Morgan fingerprint density at radius 1 is 1.80 bits per heavy atom. The van der Waals surface area contributed by atoms with Gasteiger partial charge in [-0.3, -0.25) is 0 Å². The molecule has 1 aliphatic heterocycles. The Balaban J connectivity index is 2.57. The van der Waals surface area contributed by atoms with E-state index in [1.807, 2.05) is 0 Å². The van der Waals surface area contributed by atoms with Crippen molar-refractivity contribution in [3.63, 3.8) is 0 Å². The molecule has 1 rings (SSSR count). The summed E-state index contributed by atoms with van der Waals surface area (Å²) in [6.07, 6.45) is 0.802. The minimum Gasteiger partial charge on any atom is -0.370 e. The Bertz CT molecular complexity index is 176. The summed E-state index contributed by atoms with van der Waals surface area (Å²) in [4.78, 5) is 12.8. The third-order valence-electron chi connectivity index (χ3n) is 1.44. The zero-order valence-electron chi connectivity index (χ0n) is 5.30. The molecule has 0 amide bonds. The maximum atomic E-state index is 10.2. The number of hydrogen-bond donors (Lipinski definition) is 0. The molecule has 0 saturated carbocycles. The molecular weight excluding hydrogens is 134 g/mol. The van der Waals surface area contributed by atoms with Crippen LogP contribution in [0.5, 0.6) is 0 Å². The molecule has 1 heterocycles. The molecule has 0 radical (unpaired) electrons. The van der Waals surface area contributed by atoms with Crippen molar-refractivity contribution in [2.24, 2.45) is 5.11 Å². The van der Waals surface area contributed by atoms with Gasteiger partial charge in [0.15, 0.2) is 0 Å². The predicted octanol–water partition coefficient (Wildman–Crippen LogP) is 0.653. The third-order valence-corrected chi connectivity index (χ3v) is 1.44. The van der Waals surface area contributed by atoms with Gasteiger partial charge >= 0.3 is 0 Å². The summed E-state index contributed by atoms with van der Waals surface area (Å²) in [5.41, 5.74) is 8.03. The molecule has 5 heteroatoms. The Hall–Kier alpha value is -1.06. The van der Waals surface area contributed by atoms with E-state index in [0.29, 0.717) is 19.3 Å². The number of hydrogen-bond acceptors (Lipinski definition) is 3. The predicted molar refractivity (Wildman–Crippen MR) is 33.4 cm³/mol. The van der Waals surface area contributed by atoms with Crippen LogP contribution in [0.2, 0.25) is 0 Å². The van der Waals surface area contributed by atoms with Crippen molar-refractivity contribution in [1.29, 1.82) is 0 Å². The first-order chi connectivity index (χ1) is 4.88. The van der Waals surface area contributed by atoms with E-state index in [1.54, 1.807) is 0 Å². The monoisotopic (exact) mass is 141 g/mol. The van der Waals surface area contributed by atoms with Crippen LogP contribution in [0.1, 0.15) is 6.42 Å². The summed E-state index contributed by atoms with van der Waals surface area (Å²) in [7, 11) is 0. The first-order valence-electron chi connectivity index (χ1n) is 2.99. The Labute approximate surface area is 57.6 Å². The van der Waals surface area contributed by atoms with Gasteiger partial charge in [-0.05, 0) is 12.0 Å². The lowest BCUT2D eigenvalue weighted by Gasteiger charge is -2.03. The number of ether oxygens (including phenoxy) is 1. The quantitative estimate of drug-likeness (QED) is 0.245. The largest absolute Gasteiger partial charge is 0.370 e. The summed E-state index contributed by atoms with van der Waals surface area (Å²) in [6.45, 7) is 0.507. The van der Waals surface area contributed by atoms with Gasteiger partial charge < -0.3 is 9.53 Å². The second-order valence-electron chi connectivity index (χ2n) is 2.03. The highest BCUT2D eigenvalue weighted by atomic mass is 16.5. The van der Waals surface area contributed by atoms with Crippen molar-refractivity contribution in [3.05, 3.63) is 10.4 Å². The topological polar surface area (TPSA) is 75.1 Å². The molecule has 10 heavy (non-hydrogen) atoms. The molecule has 0 aromatic carbocycles. The Kier molecular flexibility index (Phi) is 2.25. The van der Waals surface area contributed by atoms with Gasteiger partial charge in [0.2, 0.25) is 0 Å². The summed E-state index contributed by atoms with van der Waals surface area (Å²) in [6, 6.07) is -0.289. The van der Waals surface area contributed by atoms with E-state index in [0.717, 1.165) is 0 Å². The standard InChI is InChI=1S/C5H7N3O2/c6-8-7-4-1-2-10-5(4)3-9/h3-5H,1-2H2. The molecule has 0 spiro atoms. The molecular formula is C5H7N3O2. The highest BCUT2D eigenvalue weighted by Gasteiger charge is 2.26. The first-order valence-corrected chi connectivity index (χ1v) is 2.99.